The molecule has 1 N–H and O–H groups in total. The Kier molecular flexibility index (Phi) is 6.12. The van der Waals surface area contributed by atoms with E-state index in [1.807, 2.05) is 6.07 Å². The van der Waals surface area contributed by atoms with Crippen molar-refractivity contribution in [2.24, 2.45) is 0 Å². The molecule has 0 spiro atoms. The molecule has 1 amide bonds. The maximum atomic E-state index is 13.0. The average Bonchev–Trinajstić information content (AvgIpc) is 2.63. The number of piperidine rings is 1. The lowest BCUT2D eigenvalue weighted by molar-refractivity contribution is -0.123. The molecule has 25 heavy (non-hydrogen) atoms. The second kappa shape index (κ2) is 8.32. The summed E-state index contributed by atoms with van der Waals surface area (Å²) in [5.74, 6) is -0.00735. The van der Waals surface area contributed by atoms with Gasteiger partial charge in [0.25, 0.3) is 0 Å². The molecule has 1 aromatic rings. The molecule has 2 fully saturated rings. The highest BCUT2D eigenvalue weighted by Gasteiger charge is 2.34. The van der Waals surface area contributed by atoms with Crippen LogP contribution >= 0.6 is 0 Å². The van der Waals surface area contributed by atoms with Crippen molar-refractivity contribution in [1.82, 2.24) is 9.62 Å². The third-order valence-electron chi connectivity index (χ3n) is 5.31. The third kappa shape index (κ3) is 4.61. The van der Waals surface area contributed by atoms with Crippen LogP contribution in [0.25, 0.3) is 0 Å². The van der Waals surface area contributed by atoms with Crippen molar-refractivity contribution in [2.75, 3.05) is 6.54 Å². The smallest absolute Gasteiger partial charge is 0.243 e. The van der Waals surface area contributed by atoms with Gasteiger partial charge in [0.05, 0.1) is 4.90 Å². The minimum absolute atomic E-state index is 0.00735. The second-order valence-electron chi connectivity index (χ2n) is 7.18. The van der Waals surface area contributed by atoms with E-state index in [0.717, 1.165) is 32.1 Å². The Balaban J connectivity index is 1.67. The molecule has 2 aliphatic rings. The van der Waals surface area contributed by atoms with Gasteiger partial charge < -0.3 is 5.32 Å². The summed E-state index contributed by atoms with van der Waals surface area (Å²) in [7, 11) is -3.54. The first-order valence-corrected chi connectivity index (χ1v) is 10.9. The Bertz CT molecular complexity index is 669. The Morgan fingerprint density at radius 3 is 2.40 bits per heavy atom. The lowest BCUT2D eigenvalue weighted by Gasteiger charge is -2.35. The summed E-state index contributed by atoms with van der Waals surface area (Å²) in [4.78, 5) is 12.8. The first-order chi connectivity index (χ1) is 12.1. The number of carbonyl (C=O) groups excluding carboxylic acids is 1. The first-order valence-electron chi connectivity index (χ1n) is 9.43. The minimum atomic E-state index is -3.54. The van der Waals surface area contributed by atoms with Gasteiger partial charge in [-0.2, -0.15) is 4.31 Å². The summed E-state index contributed by atoms with van der Waals surface area (Å²) in [6.45, 7) is 0.499. The molecule has 1 saturated heterocycles. The van der Waals surface area contributed by atoms with Gasteiger partial charge in [0, 0.05) is 25.0 Å². The summed E-state index contributed by atoms with van der Waals surface area (Å²) < 4.78 is 27.5. The van der Waals surface area contributed by atoms with Gasteiger partial charge in [0.2, 0.25) is 15.9 Å². The number of nitrogens with zero attached hydrogens (tertiary/aromatic N) is 1. The number of hydrogen-bond acceptors (Lipinski definition) is 3. The molecule has 1 heterocycles. The molecule has 5 nitrogen and oxygen atoms in total. The number of carbonyl (C=O) groups is 1. The van der Waals surface area contributed by atoms with Gasteiger partial charge in [-0.15, -0.1) is 0 Å². The molecule has 3 rings (SSSR count). The molecule has 1 saturated carbocycles. The topological polar surface area (TPSA) is 66.5 Å². The summed E-state index contributed by atoms with van der Waals surface area (Å²) >= 11 is 0. The van der Waals surface area contributed by atoms with E-state index in [0.29, 0.717) is 11.4 Å². The Hall–Kier alpha value is -1.40. The van der Waals surface area contributed by atoms with E-state index < -0.39 is 10.0 Å². The fourth-order valence-electron chi connectivity index (χ4n) is 3.97. The predicted molar refractivity (Wildman–Crippen MR) is 97.6 cm³/mol. The van der Waals surface area contributed by atoms with Gasteiger partial charge in [0.15, 0.2) is 0 Å². The van der Waals surface area contributed by atoms with Crippen LogP contribution in [0.1, 0.15) is 57.8 Å². The zero-order valence-electron chi connectivity index (χ0n) is 14.7. The average molecular weight is 365 g/mol. The van der Waals surface area contributed by atoms with Crippen molar-refractivity contribution in [2.45, 2.75) is 74.8 Å². The first kappa shape index (κ1) is 18.4. The zero-order chi connectivity index (χ0) is 17.7. The molecule has 0 radical (unpaired) electrons. The van der Waals surface area contributed by atoms with Gasteiger partial charge in [0.1, 0.15) is 0 Å². The summed E-state index contributed by atoms with van der Waals surface area (Å²) in [6, 6.07) is 8.58. The Labute approximate surface area is 150 Å². The van der Waals surface area contributed by atoms with Crippen LogP contribution in [0.5, 0.6) is 0 Å². The molecule has 1 aliphatic heterocycles. The standard InChI is InChI=1S/C19H28N2O3S/c22-19(20-16-9-3-1-4-10-16)15-17-11-7-8-14-21(17)25(23,24)18-12-5-2-6-13-18/h2,5-6,12-13,16-17H,1,3-4,7-11,14-15H2,(H,20,22). The number of nitrogens with one attached hydrogen (secondary N) is 1. The van der Waals surface area contributed by atoms with Gasteiger partial charge in [-0.1, -0.05) is 43.9 Å². The fraction of sp³-hybridized carbons (Fsp3) is 0.632. The maximum absolute atomic E-state index is 13.0. The quantitative estimate of drug-likeness (QED) is 0.873. The minimum Gasteiger partial charge on any atom is -0.353 e. The van der Waals surface area contributed by atoms with Gasteiger partial charge in [-0.25, -0.2) is 8.42 Å². The number of amides is 1. The van der Waals surface area contributed by atoms with Crippen LogP contribution in [-0.2, 0) is 14.8 Å². The maximum Gasteiger partial charge on any atom is 0.243 e. The van der Waals surface area contributed by atoms with Crippen LogP contribution in [0, 0.1) is 0 Å². The van der Waals surface area contributed by atoms with Gasteiger partial charge >= 0.3 is 0 Å². The van der Waals surface area contributed by atoms with Crippen molar-refractivity contribution >= 4 is 15.9 Å². The number of hydrogen-bond donors (Lipinski definition) is 1. The van der Waals surface area contributed by atoms with E-state index in [-0.39, 0.29) is 24.4 Å². The lowest BCUT2D eigenvalue weighted by atomic mass is 9.95. The second-order valence-corrected chi connectivity index (χ2v) is 9.08. The highest BCUT2D eigenvalue weighted by Crippen LogP contribution is 2.27. The van der Waals surface area contributed by atoms with Crippen LogP contribution in [0.2, 0.25) is 0 Å². The SMILES string of the molecule is O=C(CC1CCCCN1S(=O)(=O)c1ccccc1)NC1CCCCC1. The van der Waals surface area contributed by atoms with Crippen LogP contribution in [-0.4, -0.2) is 37.3 Å². The lowest BCUT2D eigenvalue weighted by Crippen LogP contribution is -2.47. The third-order valence-corrected chi connectivity index (χ3v) is 7.28. The van der Waals surface area contributed by atoms with Crippen molar-refractivity contribution < 1.29 is 13.2 Å². The van der Waals surface area contributed by atoms with Crippen LogP contribution in [0.15, 0.2) is 35.2 Å². The van der Waals surface area contributed by atoms with Crippen molar-refractivity contribution in [3.05, 3.63) is 30.3 Å². The van der Waals surface area contributed by atoms with Crippen LogP contribution in [0.4, 0.5) is 0 Å². The molecular formula is C19H28N2O3S. The predicted octanol–water partition coefficient (Wildman–Crippen LogP) is 3.07. The Morgan fingerprint density at radius 2 is 1.68 bits per heavy atom. The largest absolute Gasteiger partial charge is 0.353 e. The van der Waals surface area contributed by atoms with Gasteiger partial charge in [-0.3, -0.25) is 4.79 Å². The Morgan fingerprint density at radius 1 is 1.00 bits per heavy atom. The highest BCUT2D eigenvalue weighted by molar-refractivity contribution is 7.89. The molecule has 0 aromatic heterocycles. The van der Waals surface area contributed by atoms with Gasteiger partial charge in [-0.05, 0) is 37.8 Å². The van der Waals surface area contributed by atoms with Crippen LogP contribution < -0.4 is 5.32 Å². The number of rotatable bonds is 5. The fourth-order valence-corrected chi connectivity index (χ4v) is 5.68. The summed E-state index contributed by atoms with van der Waals surface area (Å²) in [5.41, 5.74) is 0. The normalized spacial score (nSPS) is 23.3. The summed E-state index contributed by atoms with van der Waals surface area (Å²) in [6.07, 6.45) is 8.52. The molecule has 1 unspecified atom stereocenters. The molecular weight excluding hydrogens is 336 g/mol. The molecule has 1 atom stereocenters. The van der Waals surface area contributed by atoms with E-state index in [1.165, 1.54) is 19.3 Å². The highest BCUT2D eigenvalue weighted by atomic mass is 32.2. The van der Waals surface area contributed by atoms with Crippen molar-refractivity contribution in [3.8, 4) is 0 Å². The molecule has 0 bridgehead atoms. The monoisotopic (exact) mass is 364 g/mol. The molecule has 6 heteroatoms. The molecule has 138 valence electrons. The number of benzene rings is 1. The van der Waals surface area contributed by atoms with E-state index in [2.05, 4.69) is 5.32 Å². The van der Waals surface area contributed by atoms with E-state index in [1.54, 1.807) is 28.6 Å². The molecule has 1 aromatic carbocycles. The van der Waals surface area contributed by atoms with E-state index >= 15 is 0 Å². The van der Waals surface area contributed by atoms with E-state index in [4.69, 9.17) is 0 Å². The zero-order valence-corrected chi connectivity index (χ0v) is 15.5. The summed E-state index contributed by atoms with van der Waals surface area (Å²) in [5, 5.41) is 3.12. The van der Waals surface area contributed by atoms with E-state index in [9.17, 15) is 13.2 Å². The molecule has 1 aliphatic carbocycles. The number of sulfonamides is 1. The van der Waals surface area contributed by atoms with Crippen molar-refractivity contribution in [1.29, 1.82) is 0 Å². The van der Waals surface area contributed by atoms with Crippen LogP contribution in [0.3, 0.4) is 0 Å². The van der Waals surface area contributed by atoms with Crippen molar-refractivity contribution in [3.63, 3.8) is 0 Å².